The molecule has 2 aromatic carbocycles. The number of likely N-dealkylation sites (tertiary alicyclic amines) is 1. The molecule has 0 atom stereocenters. The normalized spacial score (nSPS) is 16.0. The minimum absolute atomic E-state index is 0.191. The maximum Gasteiger partial charge on any atom is 0.141 e. The van der Waals surface area contributed by atoms with Gasteiger partial charge in [0.05, 0.1) is 11.9 Å². The Morgan fingerprint density at radius 3 is 2.58 bits per heavy atom. The zero-order valence-electron chi connectivity index (χ0n) is 14.5. The molecular weight excluding hydrogens is 328 g/mol. The molecular formula is C20H22N4O2. The molecule has 1 aliphatic rings. The second-order valence-electron chi connectivity index (χ2n) is 6.79. The third-order valence-corrected chi connectivity index (χ3v) is 4.98. The summed E-state index contributed by atoms with van der Waals surface area (Å²) in [5.74, 6) is 1.02. The minimum Gasteiger partial charge on any atom is -0.508 e. The molecule has 0 saturated carbocycles. The number of benzene rings is 2. The van der Waals surface area contributed by atoms with Gasteiger partial charge in [0.1, 0.15) is 17.2 Å². The molecule has 1 fully saturated rings. The predicted molar refractivity (Wildman–Crippen MR) is 98.4 cm³/mol. The molecule has 1 aliphatic heterocycles. The number of aromatic hydroxyl groups is 2. The van der Waals surface area contributed by atoms with Crippen molar-refractivity contribution in [2.75, 3.05) is 13.1 Å². The molecule has 1 saturated heterocycles. The maximum absolute atomic E-state index is 9.93. The van der Waals surface area contributed by atoms with E-state index in [4.69, 9.17) is 0 Å². The van der Waals surface area contributed by atoms with E-state index in [1.807, 2.05) is 30.5 Å². The molecule has 2 heterocycles. The molecule has 0 aliphatic carbocycles. The van der Waals surface area contributed by atoms with Gasteiger partial charge in [-0.3, -0.25) is 4.90 Å². The number of nitrogens with zero attached hydrogens (tertiary/aromatic N) is 4. The van der Waals surface area contributed by atoms with E-state index in [0.717, 1.165) is 38.2 Å². The van der Waals surface area contributed by atoms with Crippen LogP contribution in [0.1, 0.15) is 30.0 Å². The van der Waals surface area contributed by atoms with Crippen LogP contribution in [0.2, 0.25) is 0 Å². The van der Waals surface area contributed by atoms with Crippen molar-refractivity contribution in [2.24, 2.45) is 0 Å². The van der Waals surface area contributed by atoms with Gasteiger partial charge in [-0.25, -0.2) is 4.68 Å². The Morgan fingerprint density at radius 2 is 1.81 bits per heavy atom. The predicted octanol–water partition coefficient (Wildman–Crippen LogP) is 3.06. The van der Waals surface area contributed by atoms with Crippen molar-refractivity contribution in [3.8, 4) is 17.2 Å². The number of phenols is 2. The highest BCUT2D eigenvalue weighted by Crippen LogP contribution is 2.30. The molecule has 26 heavy (non-hydrogen) atoms. The average Bonchev–Trinajstić information content (AvgIpc) is 3.11. The van der Waals surface area contributed by atoms with Crippen molar-refractivity contribution in [2.45, 2.75) is 25.3 Å². The number of phenolic OH excluding ortho intramolecular Hbond substituents is 2. The summed E-state index contributed by atoms with van der Waals surface area (Å²) < 4.78 is 1.62. The number of piperidine rings is 1. The van der Waals surface area contributed by atoms with Crippen LogP contribution in [0.4, 0.5) is 0 Å². The van der Waals surface area contributed by atoms with Crippen LogP contribution in [-0.2, 0) is 6.54 Å². The van der Waals surface area contributed by atoms with Crippen LogP contribution in [0, 0.1) is 0 Å². The molecule has 6 heteroatoms. The third kappa shape index (κ3) is 3.55. The summed E-state index contributed by atoms with van der Waals surface area (Å²) in [7, 11) is 0. The topological polar surface area (TPSA) is 74.4 Å². The Morgan fingerprint density at radius 1 is 1.00 bits per heavy atom. The summed E-state index contributed by atoms with van der Waals surface area (Å²) in [5, 5.41) is 28.0. The van der Waals surface area contributed by atoms with Crippen LogP contribution in [0.25, 0.3) is 5.69 Å². The molecule has 0 amide bonds. The lowest BCUT2D eigenvalue weighted by molar-refractivity contribution is 0.202. The largest absolute Gasteiger partial charge is 0.508 e. The molecule has 134 valence electrons. The number of rotatable bonds is 4. The third-order valence-electron chi connectivity index (χ3n) is 4.98. The molecule has 2 N–H and O–H groups in total. The smallest absolute Gasteiger partial charge is 0.141 e. The molecule has 0 unspecified atom stereocenters. The van der Waals surface area contributed by atoms with Gasteiger partial charge in [0.15, 0.2) is 0 Å². The van der Waals surface area contributed by atoms with Crippen molar-refractivity contribution < 1.29 is 10.2 Å². The van der Waals surface area contributed by atoms with E-state index in [9.17, 15) is 10.2 Å². The van der Waals surface area contributed by atoms with Gasteiger partial charge < -0.3 is 10.2 Å². The fourth-order valence-electron chi connectivity index (χ4n) is 3.58. The maximum atomic E-state index is 9.93. The molecule has 3 aromatic rings. The van der Waals surface area contributed by atoms with Crippen LogP contribution >= 0.6 is 0 Å². The molecule has 1 aromatic heterocycles. The quantitative estimate of drug-likeness (QED) is 0.756. The van der Waals surface area contributed by atoms with Crippen LogP contribution in [0.15, 0.2) is 54.7 Å². The Labute approximate surface area is 152 Å². The first-order chi connectivity index (χ1) is 12.7. The summed E-state index contributed by atoms with van der Waals surface area (Å²) >= 11 is 0. The summed E-state index contributed by atoms with van der Waals surface area (Å²) in [6.45, 7) is 2.73. The van der Waals surface area contributed by atoms with E-state index in [-0.39, 0.29) is 5.75 Å². The number of para-hydroxylation sites is 2. The van der Waals surface area contributed by atoms with Gasteiger partial charge in [-0.05, 0) is 61.7 Å². The molecule has 4 rings (SSSR count). The molecule has 6 nitrogen and oxygen atoms in total. The SMILES string of the molecule is Oc1cccc(C2CCN(Cc3cn(-c4ccccc4O)nn3)CC2)c1. The fraction of sp³-hybridized carbons (Fsp3) is 0.300. The van der Waals surface area contributed by atoms with Crippen LogP contribution in [-0.4, -0.2) is 43.2 Å². The standard InChI is InChI=1S/C20H22N4O2/c25-18-5-3-4-16(12-18)15-8-10-23(11-9-15)13-17-14-24(22-21-17)19-6-1-2-7-20(19)26/h1-7,12,14-15,25-26H,8-11,13H2. The number of hydrogen-bond donors (Lipinski definition) is 2. The van der Waals surface area contributed by atoms with Gasteiger partial charge in [-0.2, -0.15) is 0 Å². The van der Waals surface area contributed by atoms with Gasteiger partial charge in [0.25, 0.3) is 0 Å². The first-order valence-electron chi connectivity index (χ1n) is 8.90. The lowest BCUT2D eigenvalue weighted by atomic mass is 9.89. The second-order valence-corrected chi connectivity index (χ2v) is 6.79. The Bertz CT molecular complexity index is 885. The van der Waals surface area contributed by atoms with Crippen LogP contribution in [0.3, 0.4) is 0 Å². The molecule has 0 spiro atoms. The highest BCUT2D eigenvalue weighted by molar-refractivity contribution is 5.44. The number of aromatic nitrogens is 3. The van der Waals surface area contributed by atoms with Gasteiger partial charge >= 0.3 is 0 Å². The molecule has 0 bridgehead atoms. The van der Waals surface area contributed by atoms with E-state index >= 15 is 0 Å². The van der Waals surface area contributed by atoms with E-state index < -0.39 is 0 Å². The summed E-state index contributed by atoms with van der Waals surface area (Å²) in [6, 6.07) is 14.7. The van der Waals surface area contributed by atoms with Gasteiger partial charge in [-0.1, -0.05) is 29.5 Å². The summed E-state index contributed by atoms with van der Waals surface area (Å²) in [4.78, 5) is 2.37. The Balaban J connectivity index is 1.37. The monoisotopic (exact) mass is 350 g/mol. The first-order valence-corrected chi connectivity index (χ1v) is 8.90. The van der Waals surface area contributed by atoms with Crippen LogP contribution in [0.5, 0.6) is 11.5 Å². The average molecular weight is 350 g/mol. The Hall–Kier alpha value is -2.86. The van der Waals surface area contributed by atoms with Gasteiger partial charge in [0, 0.05) is 6.54 Å². The lowest BCUT2D eigenvalue weighted by Crippen LogP contribution is -2.32. The highest BCUT2D eigenvalue weighted by atomic mass is 16.3. The molecule has 0 radical (unpaired) electrons. The highest BCUT2D eigenvalue weighted by Gasteiger charge is 2.21. The first kappa shape index (κ1) is 16.6. The van der Waals surface area contributed by atoms with E-state index in [1.54, 1.807) is 22.9 Å². The van der Waals surface area contributed by atoms with Crippen molar-refractivity contribution in [3.05, 3.63) is 66.0 Å². The van der Waals surface area contributed by atoms with Crippen molar-refractivity contribution >= 4 is 0 Å². The van der Waals surface area contributed by atoms with Crippen LogP contribution < -0.4 is 0 Å². The summed E-state index contributed by atoms with van der Waals surface area (Å²) in [5.41, 5.74) is 2.74. The van der Waals surface area contributed by atoms with E-state index in [1.165, 1.54) is 5.56 Å². The van der Waals surface area contributed by atoms with Gasteiger partial charge in [0.2, 0.25) is 0 Å². The summed E-state index contributed by atoms with van der Waals surface area (Å²) in [6.07, 6.45) is 4.00. The Kier molecular flexibility index (Phi) is 4.58. The zero-order chi connectivity index (χ0) is 17.9. The van der Waals surface area contributed by atoms with Crippen molar-refractivity contribution in [1.29, 1.82) is 0 Å². The van der Waals surface area contributed by atoms with Crippen molar-refractivity contribution in [1.82, 2.24) is 19.9 Å². The fourth-order valence-corrected chi connectivity index (χ4v) is 3.58. The van der Waals surface area contributed by atoms with Crippen molar-refractivity contribution in [3.63, 3.8) is 0 Å². The van der Waals surface area contributed by atoms with E-state index in [2.05, 4.69) is 21.3 Å². The second kappa shape index (κ2) is 7.17. The number of hydrogen-bond acceptors (Lipinski definition) is 5. The zero-order valence-corrected chi connectivity index (χ0v) is 14.5. The van der Waals surface area contributed by atoms with E-state index in [0.29, 0.717) is 17.4 Å². The van der Waals surface area contributed by atoms with Gasteiger partial charge in [-0.15, -0.1) is 5.10 Å². The lowest BCUT2D eigenvalue weighted by Gasteiger charge is -2.31. The minimum atomic E-state index is 0.191.